The number of carbonyl (C=O) groups is 1. The van der Waals surface area contributed by atoms with E-state index in [4.69, 9.17) is 14.6 Å². The Labute approximate surface area is 137 Å². The van der Waals surface area contributed by atoms with Crippen LogP contribution in [0.4, 0.5) is 0 Å². The van der Waals surface area contributed by atoms with Gasteiger partial charge in [0.25, 0.3) is 0 Å². The molecule has 0 heterocycles. The summed E-state index contributed by atoms with van der Waals surface area (Å²) < 4.78 is 10.5. The first-order valence-electron chi connectivity index (χ1n) is 5.11. The first-order valence-corrected chi connectivity index (χ1v) is 5.11. The monoisotopic (exact) mass is 451 g/mol. The Hall–Kier alpha value is -0.108. The first kappa shape index (κ1) is 16.9. The van der Waals surface area contributed by atoms with Crippen molar-refractivity contribution in [3.05, 3.63) is 23.8 Å². The summed E-state index contributed by atoms with van der Waals surface area (Å²) in [6.07, 6.45) is 0.567. The van der Waals surface area contributed by atoms with Crippen molar-refractivity contribution in [1.82, 2.24) is 0 Å². The van der Waals surface area contributed by atoms with E-state index in [2.05, 4.69) is 0 Å². The van der Waals surface area contributed by atoms with E-state index in [-0.39, 0.29) is 56.5 Å². The van der Waals surface area contributed by atoms with E-state index in [0.717, 1.165) is 0 Å². The van der Waals surface area contributed by atoms with Crippen molar-refractivity contribution in [2.24, 2.45) is 0 Å². The Bertz CT molecular complexity index is 366. The molecular formula is C12H16AcO4. The maximum Gasteiger partial charge on any atom is 0.161 e. The SMILES string of the molecule is COc1cc(C(C)=O)ccc1OCCCO.[Ac]. The van der Waals surface area contributed by atoms with Gasteiger partial charge in [-0.2, -0.15) is 0 Å². The second-order valence-electron chi connectivity index (χ2n) is 3.35. The molecule has 0 amide bonds. The number of rotatable bonds is 6. The molecule has 91 valence electrons. The molecule has 1 N–H and O–H groups in total. The number of hydrogen-bond donors (Lipinski definition) is 1. The Morgan fingerprint density at radius 1 is 1.35 bits per heavy atom. The third kappa shape index (κ3) is 5.37. The number of Topliss-reactive ketones (excluding diaryl/α,β-unsaturated/α-hetero) is 1. The van der Waals surface area contributed by atoms with Crippen LogP contribution in [0.2, 0.25) is 0 Å². The van der Waals surface area contributed by atoms with Crippen LogP contribution in [0.25, 0.3) is 0 Å². The molecule has 0 spiro atoms. The topological polar surface area (TPSA) is 55.8 Å². The normalized spacial score (nSPS) is 9.35. The van der Waals surface area contributed by atoms with Gasteiger partial charge >= 0.3 is 0 Å². The molecule has 5 heteroatoms. The second kappa shape index (κ2) is 8.91. The van der Waals surface area contributed by atoms with Gasteiger partial charge in [0.15, 0.2) is 17.3 Å². The molecule has 0 aliphatic carbocycles. The number of ether oxygens (including phenoxy) is 2. The Kier molecular flexibility index (Phi) is 8.85. The average Bonchev–Trinajstić information content (AvgIpc) is 2.29. The number of benzene rings is 1. The number of ketones is 1. The van der Waals surface area contributed by atoms with Gasteiger partial charge in [-0.1, -0.05) is 0 Å². The molecule has 4 nitrogen and oxygen atoms in total. The van der Waals surface area contributed by atoms with Crippen molar-refractivity contribution in [3.8, 4) is 11.5 Å². The smallest absolute Gasteiger partial charge is 0.161 e. The fourth-order valence-electron chi connectivity index (χ4n) is 1.25. The van der Waals surface area contributed by atoms with E-state index >= 15 is 0 Å². The summed E-state index contributed by atoms with van der Waals surface area (Å²) in [6, 6.07) is 5.04. The summed E-state index contributed by atoms with van der Waals surface area (Å²) in [5.41, 5.74) is 0.589. The molecule has 0 fully saturated rings. The molecule has 0 aliphatic heterocycles. The summed E-state index contributed by atoms with van der Waals surface area (Å²) in [5, 5.41) is 8.63. The quantitative estimate of drug-likeness (QED) is 0.528. The van der Waals surface area contributed by atoms with E-state index in [9.17, 15) is 4.79 Å². The first-order chi connectivity index (χ1) is 7.69. The molecule has 0 unspecified atom stereocenters. The zero-order valence-electron chi connectivity index (χ0n) is 10.1. The summed E-state index contributed by atoms with van der Waals surface area (Å²) in [4.78, 5) is 11.2. The van der Waals surface area contributed by atoms with Crippen LogP contribution in [0.15, 0.2) is 18.2 Å². The zero-order chi connectivity index (χ0) is 12.0. The third-order valence-electron chi connectivity index (χ3n) is 2.13. The van der Waals surface area contributed by atoms with Gasteiger partial charge in [-0.05, 0) is 25.1 Å². The Morgan fingerprint density at radius 3 is 2.59 bits per heavy atom. The minimum atomic E-state index is -0.0137. The summed E-state index contributed by atoms with van der Waals surface area (Å²) in [5.74, 6) is 1.10. The number of methoxy groups -OCH3 is 1. The fraction of sp³-hybridized carbons (Fsp3) is 0.417. The van der Waals surface area contributed by atoms with Gasteiger partial charge < -0.3 is 14.6 Å². The molecule has 0 saturated heterocycles. The van der Waals surface area contributed by atoms with Crippen LogP contribution in [-0.4, -0.2) is 31.2 Å². The molecule has 1 radical (unpaired) electrons. The van der Waals surface area contributed by atoms with Crippen molar-refractivity contribution in [1.29, 1.82) is 0 Å². The molecule has 0 bridgehead atoms. The average molecular weight is 451 g/mol. The molecule has 1 aromatic rings. The van der Waals surface area contributed by atoms with Crippen molar-refractivity contribution < 1.29 is 63.4 Å². The Balaban J connectivity index is 0.00000256. The van der Waals surface area contributed by atoms with Gasteiger partial charge in [-0.25, -0.2) is 0 Å². The number of hydrogen-bond acceptors (Lipinski definition) is 4. The molecule has 0 saturated carbocycles. The largest absolute Gasteiger partial charge is 0.493 e. The maximum absolute atomic E-state index is 11.2. The van der Waals surface area contributed by atoms with E-state index < -0.39 is 0 Å². The van der Waals surface area contributed by atoms with Crippen LogP contribution in [0.3, 0.4) is 0 Å². The summed E-state index contributed by atoms with van der Waals surface area (Å²) in [7, 11) is 1.53. The minimum absolute atomic E-state index is 0. The number of aliphatic hydroxyl groups excluding tert-OH is 1. The molecule has 1 rings (SSSR count). The van der Waals surface area contributed by atoms with Crippen LogP contribution in [0.1, 0.15) is 23.7 Å². The minimum Gasteiger partial charge on any atom is -0.493 e. The van der Waals surface area contributed by atoms with Gasteiger partial charge in [-0.3, -0.25) is 4.79 Å². The predicted octanol–water partition coefficient (Wildman–Crippen LogP) is 1.66. The molecule has 0 aromatic heterocycles. The molecule has 0 aliphatic rings. The van der Waals surface area contributed by atoms with Gasteiger partial charge in [0.1, 0.15) is 0 Å². The maximum atomic E-state index is 11.2. The van der Waals surface area contributed by atoms with Gasteiger partial charge in [0.2, 0.25) is 0 Å². The Morgan fingerprint density at radius 2 is 2.06 bits per heavy atom. The standard InChI is InChI=1S/C12H16O4.Ac/c1-9(14)10-4-5-11(12(8-10)15-2)16-7-3-6-13;/h4-5,8,13H,3,6-7H2,1-2H3;. The summed E-state index contributed by atoms with van der Waals surface area (Å²) in [6.45, 7) is 2.02. The third-order valence-corrected chi connectivity index (χ3v) is 2.13. The molecule has 17 heavy (non-hydrogen) atoms. The van der Waals surface area contributed by atoms with Crippen LogP contribution in [0, 0.1) is 44.1 Å². The van der Waals surface area contributed by atoms with Crippen molar-refractivity contribution >= 4 is 5.78 Å². The number of carbonyl (C=O) groups excluding carboxylic acids is 1. The van der Waals surface area contributed by atoms with E-state index in [1.54, 1.807) is 18.2 Å². The van der Waals surface area contributed by atoms with E-state index in [1.165, 1.54) is 14.0 Å². The molecule has 1 aromatic carbocycles. The van der Waals surface area contributed by atoms with Gasteiger partial charge in [-0.15, -0.1) is 0 Å². The van der Waals surface area contributed by atoms with E-state index in [0.29, 0.717) is 30.1 Å². The van der Waals surface area contributed by atoms with Crippen molar-refractivity contribution in [2.45, 2.75) is 13.3 Å². The summed E-state index contributed by atoms with van der Waals surface area (Å²) >= 11 is 0. The van der Waals surface area contributed by atoms with Crippen LogP contribution >= 0.6 is 0 Å². The van der Waals surface area contributed by atoms with Crippen LogP contribution < -0.4 is 9.47 Å². The zero-order valence-corrected chi connectivity index (χ0v) is 14.8. The van der Waals surface area contributed by atoms with Crippen molar-refractivity contribution in [2.75, 3.05) is 20.3 Å². The van der Waals surface area contributed by atoms with Gasteiger partial charge in [0.05, 0.1) is 13.7 Å². The second-order valence-corrected chi connectivity index (χ2v) is 3.35. The predicted molar refractivity (Wildman–Crippen MR) is 60.2 cm³/mol. The fourth-order valence-corrected chi connectivity index (χ4v) is 1.25. The van der Waals surface area contributed by atoms with Gasteiger partial charge in [0, 0.05) is 62.7 Å². The van der Waals surface area contributed by atoms with Crippen molar-refractivity contribution in [3.63, 3.8) is 0 Å². The van der Waals surface area contributed by atoms with Crippen LogP contribution in [0.5, 0.6) is 11.5 Å². The number of aliphatic hydroxyl groups is 1. The van der Waals surface area contributed by atoms with E-state index in [1.807, 2.05) is 0 Å². The molecular weight excluding hydrogens is 435 g/mol. The molecule has 0 atom stereocenters. The van der Waals surface area contributed by atoms with Crippen LogP contribution in [-0.2, 0) is 0 Å².